The second kappa shape index (κ2) is 10.1. The van der Waals surface area contributed by atoms with Crippen LogP contribution in [0.15, 0.2) is 71.9 Å². The average Bonchev–Trinajstić information content (AvgIpc) is 3.79. The van der Waals surface area contributed by atoms with E-state index in [0.29, 0.717) is 12.1 Å². The predicted octanol–water partition coefficient (Wildman–Crippen LogP) is 4.30. The van der Waals surface area contributed by atoms with Gasteiger partial charge in [-0.1, -0.05) is 6.07 Å². The lowest BCUT2D eigenvalue weighted by Gasteiger charge is -2.17. The first-order valence-corrected chi connectivity index (χ1v) is 13.4. The first-order chi connectivity index (χ1) is 20.1. The number of carbonyl (C=O) groups excluding carboxylic acids is 2. The van der Waals surface area contributed by atoms with Gasteiger partial charge in [-0.2, -0.15) is 0 Å². The molecule has 1 atom stereocenters. The molecular weight excluding hydrogens is 526 g/mol. The largest absolute Gasteiger partial charge is 0.454 e. The Hall–Kier alpha value is -5.12. The molecule has 1 N–H and O–H groups in total. The number of nitrogens with zero attached hydrogens (tertiary/aromatic N) is 2. The summed E-state index contributed by atoms with van der Waals surface area (Å²) in [4.78, 5) is 41.0. The molecule has 206 valence electrons. The van der Waals surface area contributed by atoms with Crippen molar-refractivity contribution in [3.05, 3.63) is 105 Å². The molecular formula is C31H25N3O7. The molecule has 1 unspecified atom stereocenters. The Morgan fingerprint density at radius 1 is 0.829 bits per heavy atom. The molecule has 0 fully saturated rings. The van der Waals surface area contributed by atoms with Gasteiger partial charge in [-0.25, -0.2) is 0 Å². The number of Topliss-reactive ketones (excluding diaryl/α,β-unsaturated/α-hetero) is 1. The van der Waals surface area contributed by atoms with Crippen LogP contribution in [0.4, 0.5) is 5.69 Å². The topological polar surface area (TPSA) is 118 Å². The Morgan fingerprint density at radius 3 is 2.34 bits per heavy atom. The zero-order valence-electron chi connectivity index (χ0n) is 21.9. The van der Waals surface area contributed by atoms with Crippen LogP contribution < -0.4 is 29.8 Å². The third-order valence-electron chi connectivity index (χ3n) is 7.74. The van der Waals surface area contributed by atoms with Crippen molar-refractivity contribution in [1.82, 2.24) is 9.55 Å². The van der Waals surface area contributed by atoms with Crippen LogP contribution in [0, 0.1) is 0 Å². The van der Waals surface area contributed by atoms with Crippen molar-refractivity contribution in [2.45, 2.75) is 31.7 Å². The van der Waals surface area contributed by atoms with Gasteiger partial charge in [0.15, 0.2) is 28.8 Å². The number of carbonyl (C=O) groups is 2. The number of pyridine rings is 2. The SMILES string of the molecule is O=C(Nc1ccncc1)c1cccn(C2CCc3c2ccc2c3OCO2)c1=O.O=C1CCc2c1ccc1c2OCO1. The molecule has 2 aromatic heterocycles. The lowest BCUT2D eigenvalue weighted by Crippen LogP contribution is -2.30. The van der Waals surface area contributed by atoms with Gasteiger partial charge in [-0.15, -0.1) is 0 Å². The quantitative estimate of drug-likeness (QED) is 0.401. The molecule has 2 aliphatic heterocycles. The number of hydrogen-bond acceptors (Lipinski definition) is 8. The van der Waals surface area contributed by atoms with Gasteiger partial charge in [0.25, 0.3) is 11.5 Å². The lowest BCUT2D eigenvalue weighted by atomic mass is 10.1. The van der Waals surface area contributed by atoms with Crippen LogP contribution in [0.2, 0.25) is 0 Å². The van der Waals surface area contributed by atoms with Crippen molar-refractivity contribution in [3.63, 3.8) is 0 Å². The number of fused-ring (bicyclic) bond motifs is 6. The highest BCUT2D eigenvalue weighted by Gasteiger charge is 2.32. The first kappa shape index (κ1) is 24.9. The summed E-state index contributed by atoms with van der Waals surface area (Å²) in [5.74, 6) is 2.86. The molecule has 8 rings (SSSR count). The summed E-state index contributed by atoms with van der Waals surface area (Å²) in [7, 11) is 0. The van der Waals surface area contributed by atoms with Crippen LogP contribution in [0.5, 0.6) is 23.0 Å². The van der Waals surface area contributed by atoms with E-state index in [4.69, 9.17) is 18.9 Å². The summed E-state index contributed by atoms with van der Waals surface area (Å²) in [6.45, 7) is 0.501. The highest BCUT2D eigenvalue weighted by atomic mass is 16.7. The first-order valence-electron chi connectivity index (χ1n) is 13.4. The number of hydrogen-bond donors (Lipinski definition) is 1. The van der Waals surface area contributed by atoms with Crippen LogP contribution in [-0.4, -0.2) is 34.8 Å². The van der Waals surface area contributed by atoms with Gasteiger partial charge < -0.3 is 28.8 Å². The third-order valence-corrected chi connectivity index (χ3v) is 7.74. The Balaban J connectivity index is 0.000000176. The smallest absolute Gasteiger partial charge is 0.263 e. The van der Waals surface area contributed by atoms with E-state index in [9.17, 15) is 14.4 Å². The molecule has 41 heavy (non-hydrogen) atoms. The van der Waals surface area contributed by atoms with Gasteiger partial charge in [-0.05, 0) is 67.3 Å². The second-order valence-corrected chi connectivity index (χ2v) is 9.99. The molecule has 0 radical (unpaired) electrons. The fraction of sp³-hybridized carbons (Fsp3) is 0.226. The summed E-state index contributed by atoms with van der Waals surface area (Å²) < 4.78 is 23.2. The Labute approximate surface area is 234 Å². The van der Waals surface area contributed by atoms with E-state index in [0.717, 1.165) is 64.5 Å². The van der Waals surface area contributed by atoms with E-state index in [2.05, 4.69) is 10.3 Å². The fourth-order valence-corrected chi connectivity index (χ4v) is 5.82. The van der Waals surface area contributed by atoms with E-state index in [1.54, 1.807) is 47.4 Å². The molecule has 2 aromatic carbocycles. The van der Waals surface area contributed by atoms with Crippen LogP contribution in [0.25, 0.3) is 0 Å². The zero-order chi connectivity index (χ0) is 27.9. The molecule has 4 heterocycles. The molecule has 4 aromatic rings. The van der Waals surface area contributed by atoms with Crippen LogP contribution in [0.1, 0.15) is 56.3 Å². The molecule has 2 aliphatic carbocycles. The van der Waals surface area contributed by atoms with Crippen molar-refractivity contribution in [1.29, 1.82) is 0 Å². The van der Waals surface area contributed by atoms with Gasteiger partial charge in [0, 0.05) is 47.4 Å². The van der Waals surface area contributed by atoms with E-state index < -0.39 is 5.91 Å². The molecule has 10 heteroatoms. The van der Waals surface area contributed by atoms with Gasteiger partial charge in [-0.3, -0.25) is 19.4 Å². The highest BCUT2D eigenvalue weighted by molar-refractivity contribution is 6.04. The molecule has 4 aliphatic rings. The van der Waals surface area contributed by atoms with Crippen molar-refractivity contribution >= 4 is 17.4 Å². The van der Waals surface area contributed by atoms with Crippen molar-refractivity contribution in [3.8, 4) is 23.0 Å². The monoisotopic (exact) mass is 551 g/mol. The summed E-state index contributed by atoms with van der Waals surface area (Å²) in [6.07, 6.45) is 7.86. The maximum atomic E-state index is 13.1. The van der Waals surface area contributed by atoms with Crippen LogP contribution in [0.3, 0.4) is 0 Å². The third kappa shape index (κ3) is 4.37. The number of benzene rings is 2. The summed E-state index contributed by atoms with van der Waals surface area (Å²) >= 11 is 0. The summed E-state index contributed by atoms with van der Waals surface area (Å²) in [6, 6.07) is 14.0. The minimum absolute atomic E-state index is 0.105. The van der Waals surface area contributed by atoms with E-state index in [-0.39, 0.29) is 36.5 Å². The molecule has 1 amide bonds. The van der Waals surface area contributed by atoms with E-state index in [1.165, 1.54) is 0 Å². The van der Waals surface area contributed by atoms with Crippen molar-refractivity contribution in [2.24, 2.45) is 0 Å². The number of ether oxygens (including phenoxy) is 4. The normalized spacial score (nSPS) is 17.0. The second-order valence-electron chi connectivity index (χ2n) is 9.99. The van der Waals surface area contributed by atoms with E-state index in [1.807, 2.05) is 24.3 Å². The summed E-state index contributed by atoms with van der Waals surface area (Å²) in [5, 5.41) is 2.74. The number of rotatable bonds is 3. The number of anilines is 1. The number of ketones is 1. The minimum Gasteiger partial charge on any atom is -0.454 e. The van der Waals surface area contributed by atoms with Gasteiger partial charge >= 0.3 is 0 Å². The fourth-order valence-electron chi connectivity index (χ4n) is 5.82. The standard InChI is InChI=1S/C21H17N3O4.C10H8O3/c25-20(23-13-7-9-22-10-8-13)16-2-1-11-24(21(16)26)17-5-3-15-14(17)4-6-18-19(15)28-12-27-18;11-8-3-1-7-6(8)2-4-9-10(7)13-5-12-9/h1-2,4,6-11,17H,3,5,12H2,(H,22,23,25);2,4H,1,3,5H2. The Bertz CT molecular complexity index is 1750. The van der Waals surface area contributed by atoms with Gasteiger partial charge in [0.05, 0.1) is 6.04 Å². The van der Waals surface area contributed by atoms with Crippen LogP contribution in [-0.2, 0) is 12.8 Å². The molecule has 0 saturated carbocycles. The molecule has 10 nitrogen and oxygen atoms in total. The number of amides is 1. The number of aromatic nitrogens is 2. The predicted molar refractivity (Wildman–Crippen MR) is 147 cm³/mol. The van der Waals surface area contributed by atoms with Gasteiger partial charge in [0.1, 0.15) is 5.56 Å². The van der Waals surface area contributed by atoms with Crippen LogP contribution >= 0.6 is 0 Å². The molecule has 0 bridgehead atoms. The van der Waals surface area contributed by atoms with Crippen molar-refractivity contribution in [2.75, 3.05) is 18.9 Å². The maximum Gasteiger partial charge on any atom is 0.263 e. The van der Waals surface area contributed by atoms with Gasteiger partial charge in [0.2, 0.25) is 13.6 Å². The summed E-state index contributed by atoms with van der Waals surface area (Å²) in [5.41, 5.74) is 4.34. The lowest BCUT2D eigenvalue weighted by molar-refractivity contribution is 0.0992. The average molecular weight is 552 g/mol. The van der Waals surface area contributed by atoms with Crippen molar-refractivity contribution < 1.29 is 28.5 Å². The number of nitrogens with one attached hydrogen (secondary N) is 1. The maximum absolute atomic E-state index is 13.1. The zero-order valence-corrected chi connectivity index (χ0v) is 21.9. The Morgan fingerprint density at radius 2 is 1.56 bits per heavy atom. The molecule has 0 spiro atoms. The van der Waals surface area contributed by atoms with E-state index >= 15 is 0 Å². The molecule has 0 saturated heterocycles. The Kier molecular flexibility index (Phi) is 6.15. The highest BCUT2D eigenvalue weighted by Crippen LogP contribution is 2.45. The minimum atomic E-state index is -0.436.